The van der Waals surface area contributed by atoms with E-state index >= 15 is 0 Å². The Morgan fingerprint density at radius 2 is 1.09 bits per heavy atom. The number of hydrogen-bond donors (Lipinski definition) is 0. The molecule has 34 heavy (non-hydrogen) atoms. The highest BCUT2D eigenvalue weighted by Crippen LogP contribution is 2.14. The Morgan fingerprint density at radius 3 is 1.65 bits per heavy atom. The standard InChI is InChI=1S/C30H60O4/c1-4-7-9-10-11-12-13-14-15-16-17-18-19-20-25-34-30(31)23-21-24-32-26-27-33-28-29(6-3)22-8-5-2/h29H,4-28H2,1-3H3. The number of carbonyl (C=O) groups excluding carboxylic acids is 1. The minimum Gasteiger partial charge on any atom is -0.466 e. The zero-order valence-corrected chi connectivity index (χ0v) is 23.4. The zero-order valence-electron chi connectivity index (χ0n) is 23.4. The number of unbranched alkanes of at least 4 members (excludes halogenated alkanes) is 14. The van der Waals surface area contributed by atoms with E-state index in [4.69, 9.17) is 14.2 Å². The molecule has 0 radical (unpaired) electrons. The molecule has 1 unspecified atom stereocenters. The Kier molecular flexibility index (Phi) is 28.1. The summed E-state index contributed by atoms with van der Waals surface area (Å²) in [6, 6.07) is 0. The van der Waals surface area contributed by atoms with Crippen molar-refractivity contribution in [1.82, 2.24) is 0 Å². The molecule has 0 spiro atoms. The molecule has 4 heteroatoms. The van der Waals surface area contributed by atoms with Gasteiger partial charge in [0, 0.05) is 19.6 Å². The van der Waals surface area contributed by atoms with E-state index in [2.05, 4.69) is 20.8 Å². The van der Waals surface area contributed by atoms with Crippen molar-refractivity contribution >= 4 is 5.97 Å². The molecule has 0 aliphatic carbocycles. The Bertz CT molecular complexity index is 399. The van der Waals surface area contributed by atoms with Gasteiger partial charge in [-0.05, 0) is 25.2 Å². The Balaban J connectivity index is 3.24. The van der Waals surface area contributed by atoms with Gasteiger partial charge in [0.1, 0.15) is 0 Å². The normalized spacial score (nSPS) is 12.2. The van der Waals surface area contributed by atoms with Crippen LogP contribution < -0.4 is 0 Å². The first-order valence-corrected chi connectivity index (χ1v) is 15.1. The predicted octanol–water partition coefficient (Wildman–Crippen LogP) is 9.04. The summed E-state index contributed by atoms with van der Waals surface area (Å²) in [5, 5.41) is 0. The monoisotopic (exact) mass is 484 g/mol. The first-order valence-electron chi connectivity index (χ1n) is 15.1. The number of rotatable bonds is 28. The smallest absolute Gasteiger partial charge is 0.305 e. The molecule has 0 saturated carbocycles. The highest BCUT2D eigenvalue weighted by molar-refractivity contribution is 5.69. The lowest BCUT2D eigenvalue weighted by atomic mass is 10.0. The maximum Gasteiger partial charge on any atom is 0.305 e. The molecule has 0 heterocycles. The summed E-state index contributed by atoms with van der Waals surface area (Å²) in [5.74, 6) is 0.589. The fourth-order valence-electron chi connectivity index (χ4n) is 4.24. The lowest BCUT2D eigenvalue weighted by molar-refractivity contribution is -0.144. The quantitative estimate of drug-likeness (QED) is 0.0820. The van der Waals surface area contributed by atoms with Gasteiger partial charge in [0.2, 0.25) is 0 Å². The minimum absolute atomic E-state index is 0.0868. The number of esters is 1. The largest absolute Gasteiger partial charge is 0.466 e. The third-order valence-electron chi connectivity index (χ3n) is 6.70. The Hall–Kier alpha value is -0.610. The highest BCUT2D eigenvalue weighted by atomic mass is 16.5. The number of ether oxygens (including phenoxy) is 3. The molecule has 4 nitrogen and oxygen atoms in total. The van der Waals surface area contributed by atoms with Gasteiger partial charge in [-0.15, -0.1) is 0 Å². The Morgan fingerprint density at radius 1 is 0.559 bits per heavy atom. The second-order valence-corrected chi connectivity index (χ2v) is 10.0. The maximum absolute atomic E-state index is 11.8. The number of hydrogen-bond acceptors (Lipinski definition) is 4. The Labute approximate surface area is 213 Å². The summed E-state index contributed by atoms with van der Waals surface area (Å²) in [7, 11) is 0. The topological polar surface area (TPSA) is 44.8 Å². The molecule has 0 rings (SSSR count). The summed E-state index contributed by atoms with van der Waals surface area (Å²) in [4.78, 5) is 11.8. The molecule has 0 N–H and O–H groups in total. The van der Waals surface area contributed by atoms with Crippen LogP contribution >= 0.6 is 0 Å². The van der Waals surface area contributed by atoms with Crippen molar-refractivity contribution in [3.63, 3.8) is 0 Å². The fourth-order valence-corrected chi connectivity index (χ4v) is 4.24. The molecule has 0 aromatic rings. The van der Waals surface area contributed by atoms with Crippen LogP contribution in [0.1, 0.15) is 149 Å². The van der Waals surface area contributed by atoms with Gasteiger partial charge in [0.25, 0.3) is 0 Å². The highest BCUT2D eigenvalue weighted by Gasteiger charge is 2.06. The average Bonchev–Trinajstić information content (AvgIpc) is 2.85. The van der Waals surface area contributed by atoms with Crippen LogP contribution in [0, 0.1) is 5.92 Å². The van der Waals surface area contributed by atoms with Crippen molar-refractivity contribution < 1.29 is 19.0 Å². The molecule has 0 fully saturated rings. The van der Waals surface area contributed by atoms with E-state index in [1.807, 2.05) is 0 Å². The van der Waals surface area contributed by atoms with E-state index in [9.17, 15) is 4.79 Å². The van der Waals surface area contributed by atoms with Crippen LogP contribution in [-0.4, -0.2) is 39.0 Å². The van der Waals surface area contributed by atoms with Gasteiger partial charge in [0.15, 0.2) is 0 Å². The van der Waals surface area contributed by atoms with Crippen LogP contribution in [0.4, 0.5) is 0 Å². The summed E-state index contributed by atoms with van der Waals surface area (Å²) >= 11 is 0. The summed E-state index contributed by atoms with van der Waals surface area (Å²) < 4.78 is 16.7. The van der Waals surface area contributed by atoms with E-state index in [0.29, 0.717) is 38.8 Å². The lowest BCUT2D eigenvalue weighted by Crippen LogP contribution is -2.13. The molecule has 0 aromatic heterocycles. The van der Waals surface area contributed by atoms with Crippen LogP contribution in [-0.2, 0) is 19.0 Å². The van der Waals surface area contributed by atoms with Crippen LogP contribution in [0.2, 0.25) is 0 Å². The molecule has 0 aliphatic rings. The van der Waals surface area contributed by atoms with Gasteiger partial charge in [0.05, 0.1) is 19.8 Å². The van der Waals surface area contributed by atoms with Crippen LogP contribution in [0.25, 0.3) is 0 Å². The van der Waals surface area contributed by atoms with E-state index in [0.717, 1.165) is 19.4 Å². The molecule has 0 saturated heterocycles. The van der Waals surface area contributed by atoms with Gasteiger partial charge in [-0.1, -0.05) is 124 Å². The third kappa shape index (κ3) is 26.0. The summed E-state index contributed by atoms with van der Waals surface area (Å²) in [6.07, 6.45) is 24.9. The van der Waals surface area contributed by atoms with Crippen LogP contribution in [0.3, 0.4) is 0 Å². The van der Waals surface area contributed by atoms with Crippen molar-refractivity contribution in [3.05, 3.63) is 0 Å². The van der Waals surface area contributed by atoms with E-state index in [1.165, 1.54) is 109 Å². The van der Waals surface area contributed by atoms with Gasteiger partial charge >= 0.3 is 5.97 Å². The van der Waals surface area contributed by atoms with Crippen LogP contribution in [0.15, 0.2) is 0 Å². The third-order valence-corrected chi connectivity index (χ3v) is 6.70. The molecular weight excluding hydrogens is 424 g/mol. The van der Waals surface area contributed by atoms with Crippen molar-refractivity contribution in [3.8, 4) is 0 Å². The van der Waals surface area contributed by atoms with E-state index in [-0.39, 0.29) is 5.97 Å². The molecule has 0 aromatic carbocycles. The lowest BCUT2D eigenvalue weighted by Gasteiger charge is -2.14. The van der Waals surface area contributed by atoms with Crippen molar-refractivity contribution in [2.45, 2.75) is 149 Å². The molecule has 0 aliphatic heterocycles. The second kappa shape index (κ2) is 28.6. The average molecular weight is 485 g/mol. The fraction of sp³-hybridized carbons (Fsp3) is 0.967. The van der Waals surface area contributed by atoms with E-state index < -0.39 is 0 Å². The minimum atomic E-state index is -0.0868. The SMILES string of the molecule is CCCCCCCCCCCCCCCCOC(=O)CCCOCCOCC(CC)CCCC. The van der Waals surface area contributed by atoms with Gasteiger partial charge in [-0.25, -0.2) is 0 Å². The van der Waals surface area contributed by atoms with Gasteiger partial charge < -0.3 is 14.2 Å². The van der Waals surface area contributed by atoms with E-state index in [1.54, 1.807) is 0 Å². The van der Waals surface area contributed by atoms with Crippen molar-refractivity contribution in [1.29, 1.82) is 0 Å². The first kappa shape index (κ1) is 33.4. The van der Waals surface area contributed by atoms with Gasteiger partial charge in [-0.2, -0.15) is 0 Å². The van der Waals surface area contributed by atoms with Crippen molar-refractivity contribution in [2.24, 2.45) is 5.92 Å². The first-order chi connectivity index (χ1) is 16.7. The summed E-state index contributed by atoms with van der Waals surface area (Å²) in [5.41, 5.74) is 0. The molecule has 0 bridgehead atoms. The summed E-state index contributed by atoms with van der Waals surface area (Å²) in [6.45, 7) is 10.0. The predicted molar refractivity (Wildman–Crippen MR) is 145 cm³/mol. The molecular formula is C30H60O4. The van der Waals surface area contributed by atoms with Crippen LogP contribution in [0.5, 0.6) is 0 Å². The van der Waals surface area contributed by atoms with Gasteiger partial charge in [-0.3, -0.25) is 4.79 Å². The number of carbonyl (C=O) groups is 1. The zero-order chi connectivity index (χ0) is 25.0. The van der Waals surface area contributed by atoms with Crippen molar-refractivity contribution in [2.75, 3.05) is 33.0 Å². The molecule has 1 atom stereocenters. The molecule has 204 valence electrons. The molecule has 0 amide bonds. The maximum atomic E-state index is 11.8. The second-order valence-electron chi connectivity index (χ2n) is 10.0.